The summed E-state index contributed by atoms with van der Waals surface area (Å²) in [7, 11) is 2.11. The van der Waals surface area contributed by atoms with Crippen molar-refractivity contribution >= 4 is 30.4 Å². The summed E-state index contributed by atoms with van der Waals surface area (Å²) in [5, 5.41) is 0. The lowest BCUT2D eigenvalue weighted by molar-refractivity contribution is 1.29. The zero-order valence-electron chi connectivity index (χ0n) is 11.5. The van der Waals surface area contributed by atoms with Crippen LogP contribution in [0.25, 0.3) is 0 Å². The van der Waals surface area contributed by atoms with Gasteiger partial charge in [0.05, 0.1) is 0 Å². The molecule has 20 heavy (non-hydrogen) atoms. The summed E-state index contributed by atoms with van der Waals surface area (Å²) in [6, 6.07) is 29.5. The summed E-state index contributed by atoms with van der Waals surface area (Å²) in [5.74, 6) is 0. The van der Waals surface area contributed by atoms with Gasteiger partial charge in [0.2, 0.25) is 0 Å². The maximum Gasteiger partial charge on any atom is 0.139 e. The van der Waals surface area contributed by atoms with Gasteiger partial charge >= 0.3 is 0 Å². The third-order valence-electron chi connectivity index (χ3n) is 3.32. The normalized spacial score (nSPS) is 10.2. The van der Waals surface area contributed by atoms with Gasteiger partial charge in [0.25, 0.3) is 0 Å². The molecular weight excluding hydrogens is 241 g/mol. The van der Waals surface area contributed by atoms with Crippen molar-refractivity contribution in [3.63, 3.8) is 0 Å². The van der Waals surface area contributed by atoms with Gasteiger partial charge in [0.15, 0.2) is 0 Å². The van der Waals surface area contributed by atoms with Crippen LogP contribution < -0.4 is 10.4 Å². The minimum atomic E-state index is 1.17. The van der Waals surface area contributed by atoms with Crippen LogP contribution in [0.5, 0.6) is 0 Å². The lowest BCUT2D eigenvalue weighted by atomic mass is 9.96. The van der Waals surface area contributed by atoms with Crippen LogP contribution in [0.2, 0.25) is 0 Å². The molecular formula is C18H16BN. The summed E-state index contributed by atoms with van der Waals surface area (Å²) in [4.78, 5) is 2.26. The minimum Gasteiger partial charge on any atom is -0.311 e. The van der Waals surface area contributed by atoms with Gasteiger partial charge in [-0.2, -0.15) is 0 Å². The quantitative estimate of drug-likeness (QED) is 0.650. The van der Waals surface area contributed by atoms with Gasteiger partial charge in [-0.15, -0.1) is 0 Å². The topological polar surface area (TPSA) is 3.24 Å². The molecule has 0 bridgehead atoms. The van der Waals surface area contributed by atoms with Crippen molar-refractivity contribution in [1.29, 1.82) is 0 Å². The fraction of sp³-hybridized carbons (Fsp3) is 0. The van der Waals surface area contributed by atoms with Crippen LogP contribution in [-0.4, -0.2) is 7.85 Å². The Bertz CT molecular complexity index is 623. The molecule has 0 saturated carbocycles. The highest BCUT2D eigenvalue weighted by molar-refractivity contribution is 6.32. The lowest BCUT2D eigenvalue weighted by Gasteiger charge is -2.25. The van der Waals surface area contributed by atoms with E-state index in [0.29, 0.717) is 0 Å². The van der Waals surface area contributed by atoms with Crippen LogP contribution in [-0.2, 0) is 0 Å². The molecule has 0 spiro atoms. The first-order valence-electron chi connectivity index (χ1n) is 6.81. The number of para-hydroxylation sites is 2. The highest BCUT2D eigenvalue weighted by Crippen LogP contribution is 2.33. The fourth-order valence-electron chi connectivity index (χ4n) is 2.30. The van der Waals surface area contributed by atoms with Gasteiger partial charge < -0.3 is 4.90 Å². The zero-order valence-corrected chi connectivity index (χ0v) is 11.5. The molecule has 0 aromatic heterocycles. The standard InChI is InChI=1S/C18H16BN/c19-15-11-13-18(14-12-15)20(16-7-3-1-4-8-16)17-9-5-2-6-10-17/h1-14H,19H2. The van der Waals surface area contributed by atoms with E-state index in [0.717, 1.165) is 0 Å². The molecule has 0 radical (unpaired) electrons. The molecule has 3 rings (SSSR count). The molecule has 3 aromatic carbocycles. The average molecular weight is 257 g/mol. The molecule has 3 aromatic rings. The van der Waals surface area contributed by atoms with Crippen LogP contribution in [0.3, 0.4) is 0 Å². The predicted octanol–water partition coefficient (Wildman–Crippen LogP) is 3.41. The van der Waals surface area contributed by atoms with E-state index < -0.39 is 0 Å². The van der Waals surface area contributed by atoms with E-state index in [1.54, 1.807) is 0 Å². The lowest BCUT2D eigenvalue weighted by Crippen LogP contribution is -2.11. The Kier molecular flexibility index (Phi) is 3.55. The molecule has 0 aliphatic carbocycles. The third-order valence-corrected chi connectivity index (χ3v) is 3.32. The van der Waals surface area contributed by atoms with E-state index in [9.17, 15) is 0 Å². The van der Waals surface area contributed by atoms with Gasteiger partial charge in [-0.25, -0.2) is 0 Å². The summed E-state index contributed by atoms with van der Waals surface area (Å²) in [6.07, 6.45) is 0. The highest BCUT2D eigenvalue weighted by atomic mass is 15.1. The van der Waals surface area contributed by atoms with Crippen molar-refractivity contribution in [2.75, 3.05) is 4.90 Å². The SMILES string of the molecule is Bc1ccc(N(c2ccccc2)c2ccccc2)cc1. The number of anilines is 3. The van der Waals surface area contributed by atoms with Crippen molar-refractivity contribution in [3.05, 3.63) is 84.9 Å². The van der Waals surface area contributed by atoms with E-state index in [4.69, 9.17) is 0 Å². The highest BCUT2D eigenvalue weighted by Gasteiger charge is 2.10. The summed E-state index contributed by atoms with van der Waals surface area (Å²) < 4.78 is 0. The number of benzene rings is 3. The first-order valence-corrected chi connectivity index (χ1v) is 6.81. The number of hydrogen-bond donors (Lipinski definition) is 0. The second kappa shape index (κ2) is 5.66. The number of rotatable bonds is 3. The molecule has 96 valence electrons. The van der Waals surface area contributed by atoms with E-state index in [1.165, 1.54) is 22.5 Å². The first-order chi connectivity index (χ1) is 9.84. The number of hydrogen-bond acceptors (Lipinski definition) is 1. The summed E-state index contributed by atoms with van der Waals surface area (Å²) >= 11 is 0. The van der Waals surface area contributed by atoms with Gasteiger partial charge in [0.1, 0.15) is 7.85 Å². The minimum absolute atomic E-state index is 1.17. The van der Waals surface area contributed by atoms with E-state index in [2.05, 4.69) is 85.5 Å². The number of nitrogens with zero attached hydrogens (tertiary/aromatic N) is 1. The Morgan fingerprint density at radius 2 is 0.900 bits per heavy atom. The fourth-order valence-corrected chi connectivity index (χ4v) is 2.30. The molecule has 0 amide bonds. The second-order valence-corrected chi connectivity index (χ2v) is 4.84. The first kappa shape index (κ1) is 12.6. The largest absolute Gasteiger partial charge is 0.311 e. The van der Waals surface area contributed by atoms with Crippen LogP contribution in [0.15, 0.2) is 84.9 Å². The predicted molar refractivity (Wildman–Crippen MR) is 89.3 cm³/mol. The molecule has 0 N–H and O–H groups in total. The van der Waals surface area contributed by atoms with Crippen molar-refractivity contribution < 1.29 is 0 Å². The smallest absolute Gasteiger partial charge is 0.139 e. The van der Waals surface area contributed by atoms with Crippen LogP contribution >= 0.6 is 0 Å². The summed E-state index contributed by atoms with van der Waals surface area (Å²) in [6.45, 7) is 0. The van der Waals surface area contributed by atoms with Gasteiger partial charge in [0, 0.05) is 17.1 Å². The molecule has 0 heterocycles. The van der Waals surface area contributed by atoms with Crippen LogP contribution in [0, 0.1) is 0 Å². The average Bonchev–Trinajstić information content (AvgIpc) is 2.52. The van der Waals surface area contributed by atoms with E-state index in [1.807, 2.05) is 12.1 Å². The Morgan fingerprint density at radius 1 is 0.500 bits per heavy atom. The van der Waals surface area contributed by atoms with Crippen molar-refractivity contribution in [2.45, 2.75) is 0 Å². The Labute approximate surface area is 120 Å². The maximum absolute atomic E-state index is 2.26. The Balaban J connectivity index is 2.11. The van der Waals surface area contributed by atoms with Crippen molar-refractivity contribution in [2.24, 2.45) is 0 Å². The molecule has 0 aliphatic heterocycles. The monoisotopic (exact) mass is 257 g/mol. The van der Waals surface area contributed by atoms with E-state index >= 15 is 0 Å². The van der Waals surface area contributed by atoms with Gasteiger partial charge in [-0.1, -0.05) is 54.0 Å². The summed E-state index contributed by atoms with van der Waals surface area (Å²) in [5.41, 5.74) is 4.79. The van der Waals surface area contributed by atoms with Crippen LogP contribution in [0.4, 0.5) is 17.1 Å². The Morgan fingerprint density at radius 3 is 1.35 bits per heavy atom. The molecule has 2 heteroatoms. The second-order valence-electron chi connectivity index (χ2n) is 4.84. The molecule has 0 unspecified atom stereocenters. The van der Waals surface area contributed by atoms with Crippen molar-refractivity contribution in [1.82, 2.24) is 0 Å². The molecule has 0 atom stereocenters. The Hall–Kier alpha value is -2.48. The van der Waals surface area contributed by atoms with E-state index in [-0.39, 0.29) is 0 Å². The van der Waals surface area contributed by atoms with Crippen LogP contribution in [0.1, 0.15) is 0 Å². The molecule has 1 nitrogen and oxygen atoms in total. The molecule has 0 aliphatic rings. The van der Waals surface area contributed by atoms with Crippen molar-refractivity contribution in [3.8, 4) is 0 Å². The van der Waals surface area contributed by atoms with Gasteiger partial charge in [-0.3, -0.25) is 0 Å². The van der Waals surface area contributed by atoms with Gasteiger partial charge in [-0.05, 0) is 36.4 Å². The maximum atomic E-state index is 2.26. The third kappa shape index (κ3) is 2.60. The molecule has 0 saturated heterocycles. The molecule has 0 fully saturated rings. The zero-order chi connectivity index (χ0) is 13.8.